The maximum Gasteiger partial charge on any atom is 0.0785 e. The second kappa shape index (κ2) is 13.5. The van der Waals surface area contributed by atoms with Gasteiger partial charge in [-0.3, -0.25) is 0 Å². The van der Waals surface area contributed by atoms with Gasteiger partial charge in [-0.05, 0) is 127 Å². The van der Waals surface area contributed by atoms with Crippen LogP contribution in [0.2, 0.25) is 0 Å². The average molecular weight is 807 g/mol. The minimum atomic E-state index is -0.000714. The number of hydrogen-bond acceptors (Lipinski definition) is 4. The third-order valence-corrected chi connectivity index (χ3v) is 15.4. The topological polar surface area (TPSA) is 6.48 Å². The second-order valence-electron chi connectivity index (χ2n) is 16.6. The van der Waals surface area contributed by atoms with Crippen LogP contribution in [0.3, 0.4) is 0 Å². The van der Waals surface area contributed by atoms with Gasteiger partial charge in [0.2, 0.25) is 0 Å². The van der Waals surface area contributed by atoms with Crippen LogP contribution in [0.1, 0.15) is 40.3 Å². The van der Waals surface area contributed by atoms with Crippen LogP contribution in [0.5, 0.6) is 0 Å². The molecule has 0 radical (unpaired) electrons. The van der Waals surface area contributed by atoms with Crippen molar-refractivity contribution in [2.75, 3.05) is 9.80 Å². The Morgan fingerprint density at radius 2 is 1.10 bits per heavy atom. The van der Waals surface area contributed by atoms with Crippen molar-refractivity contribution in [3.63, 3.8) is 0 Å². The third-order valence-electron chi connectivity index (χ3n) is 13.0. The van der Waals surface area contributed by atoms with E-state index in [2.05, 4.69) is 201 Å². The van der Waals surface area contributed by atoms with E-state index in [9.17, 15) is 0 Å². The van der Waals surface area contributed by atoms with Gasteiger partial charge in [-0.2, -0.15) is 0 Å². The summed E-state index contributed by atoms with van der Waals surface area (Å²) >= 11 is 3.80. The van der Waals surface area contributed by atoms with Crippen molar-refractivity contribution in [3.8, 4) is 0 Å². The Morgan fingerprint density at radius 3 is 1.77 bits per heavy atom. The zero-order valence-corrected chi connectivity index (χ0v) is 35.7. The number of anilines is 5. The van der Waals surface area contributed by atoms with Gasteiger partial charge in [-0.15, -0.1) is 22.7 Å². The summed E-state index contributed by atoms with van der Waals surface area (Å²) in [5.74, 6) is 0. The summed E-state index contributed by atoms with van der Waals surface area (Å²) in [7, 11) is 0. The minimum Gasteiger partial charge on any atom is -0.329 e. The monoisotopic (exact) mass is 806 g/mol. The Bertz CT molecular complexity index is 3450. The highest BCUT2D eigenvalue weighted by molar-refractivity contribution is 7.26. The van der Waals surface area contributed by atoms with Gasteiger partial charge < -0.3 is 9.80 Å². The molecule has 2 nitrogen and oxygen atoms in total. The molecule has 2 aromatic heterocycles. The minimum absolute atomic E-state index is 0.000714. The summed E-state index contributed by atoms with van der Waals surface area (Å²) in [5, 5.41) is 7.94. The van der Waals surface area contributed by atoms with Gasteiger partial charge in [0.15, 0.2) is 0 Å². The first-order valence-corrected chi connectivity index (χ1v) is 22.6. The first-order valence-electron chi connectivity index (χ1n) is 20.9. The fraction of sp³-hybridized carbons (Fsp3) is 0.107. The molecule has 1 atom stereocenters. The number of allylic oxidation sites excluding steroid dienone is 2. The van der Waals surface area contributed by atoms with Crippen molar-refractivity contribution >= 4 is 113 Å². The van der Waals surface area contributed by atoms with Crippen molar-refractivity contribution in [3.05, 3.63) is 197 Å². The summed E-state index contributed by atoms with van der Waals surface area (Å²) in [6.45, 7) is 9.00. The van der Waals surface area contributed by atoms with Crippen molar-refractivity contribution in [2.45, 2.75) is 40.2 Å². The number of thiophene rings is 2. The summed E-state index contributed by atoms with van der Waals surface area (Å²) < 4.78 is 5.27. The lowest BCUT2D eigenvalue weighted by Crippen LogP contribution is -2.34. The second-order valence-corrected chi connectivity index (χ2v) is 18.7. The molecule has 8 aromatic carbocycles. The molecular weight excluding hydrogens is 765 g/mol. The molecule has 0 amide bonds. The highest BCUT2D eigenvalue weighted by Gasteiger charge is 2.35. The number of fused-ring (bicyclic) bond motifs is 6. The Kier molecular flexibility index (Phi) is 8.00. The molecule has 2 aliphatic carbocycles. The quantitative estimate of drug-likeness (QED) is 0.165. The molecule has 10 aromatic rings. The van der Waals surface area contributed by atoms with Crippen LogP contribution in [0, 0.1) is 20.8 Å². The summed E-state index contributed by atoms with van der Waals surface area (Å²) in [6.07, 6.45) is 5.96. The SMILES string of the molecule is CC1=CC(N(c2ccc(C)cc2)c2cccc3c2sc2ccccc23)C2=CCc3c(C)cc(N(c4ccc(C)cc4)c4cccc5c4sc4ccccc45)c4ccc1c2c34. The zero-order chi connectivity index (χ0) is 40.2. The van der Waals surface area contributed by atoms with Gasteiger partial charge in [0, 0.05) is 47.7 Å². The Balaban J connectivity index is 1.10. The smallest absolute Gasteiger partial charge is 0.0785 e. The standard InChI is InChI=1S/C56H42N2S2/c1-33-19-23-37(24-20-33)57(47-15-9-13-43-41-11-5-7-17-51(41)59-55(43)47)49-31-35(3)39-28-30-46-50(32-36(4)40-27-29-45(49)53(39)54(40)46)58(38-25-21-34(2)22-26-38)48-16-10-14-44-42-12-6-8-18-52(42)60-56(44)48/h5-27,29-32,50H,28H2,1-4H3. The van der Waals surface area contributed by atoms with E-state index in [1.807, 2.05) is 22.7 Å². The first kappa shape index (κ1) is 35.5. The summed E-state index contributed by atoms with van der Waals surface area (Å²) in [4.78, 5) is 5.16. The van der Waals surface area contributed by atoms with Gasteiger partial charge in [0.25, 0.3) is 0 Å². The summed E-state index contributed by atoms with van der Waals surface area (Å²) in [6, 6.07) is 56.9. The predicted molar refractivity (Wildman–Crippen MR) is 263 cm³/mol. The van der Waals surface area contributed by atoms with Crippen LogP contribution in [-0.4, -0.2) is 6.04 Å². The molecule has 0 spiro atoms. The van der Waals surface area contributed by atoms with E-state index in [1.54, 1.807) is 0 Å². The molecule has 0 aliphatic heterocycles. The van der Waals surface area contributed by atoms with E-state index in [0.29, 0.717) is 0 Å². The van der Waals surface area contributed by atoms with Gasteiger partial charge in [-0.25, -0.2) is 0 Å². The van der Waals surface area contributed by atoms with Crippen molar-refractivity contribution < 1.29 is 0 Å². The average Bonchev–Trinajstić information content (AvgIpc) is 3.86. The van der Waals surface area contributed by atoms with Gasteiger partial charge in [0.05, 0.1) is 32.5 Å². The van der Waals surface area contributed by atoms with E-state index in [4.69, 9.17) is 0 Å². The lowest BCUT2D eigenvalue weighted by Gasteiger charge is -2.40. The van der Waals surface area contributed by atoms with Crippen LogP contribution in [0.15, 0.2) is 164 Å². The zero-order valence-electron chi connectivity index (χ0n) is 34.1. The fourth-order valence-corrected chi connectivity index (χ4v) is 12.5. The number of rotatable bonds is 6. The lowest BCUT2D eigenvalue weighted by molar-refractivity contribution is 0.949. The Labute approximate surface area is 358 Å². The molecule has 0 N–H and O–H groups in total. The molecule has 4 heteroatoms. The van der Waals surface area contributed by atoms with E-state index >= 15 is 0 Å². The molecular formula is C56H42N2S2. The Morgan fingerprint density at radius 1 is 0.517 bits per heavy atom. The van der Waals surface area contributed by atoms with Crippen LogP contribution >= 0.6 is 22.7 Å². The third kappa shape index (κ3) is 5.30. The maximum absolute atomic E-state index is 2.62. The number of benzene rings is 8. The van der Waals surface area contributed by atoms with E-state index in [0.717, 1.165) is 6.42 Å². The highest BCUT2D eigenvalue weighted by atomic mass is 32.1. The molecule has 2 heterocycles. The Hall–Kier alpha value is -6.46. The van der Waals surface area contributed by atoms with Crippen molar-refractivity contribution in [2.24, 2.45) is 0 Å². The largest absolute Gasteiger partial charge is 0.329 e. The normalized spacial score (nSPS) is 14.6. The number of aryl methyl sites for hydroxylation is 3. The molecule has 288 valence electrons. The van der Waals surface area contributed by atoms with E-state index < -0.39 is 0 Å². The highest BCUT2D eigenvalue weighted by Crippen LogP contribution is 2.53. The molecule has 0 fully saturated rings. The summed E-state index contributed by atoms with van der Waals surface area (Å²) in [5.41, 5.74) is 16.8. The first-order chi connectivity index (χ1) is 29.4. The fourth-order valence-electron chi connectivity index (χ4n) is 10.1. The maximum atomic E-state index is 2.62. The van der Waals surface area contributed by atoms with Crippen molar-refractivity contribution in [1.29, 1.82) is 0 Å². The molecule has 0 saturated carbocycles. The molecule has 2 aliphatic rings. The molecule has 0 bridgehead atoms. The van der Waals surface area contributed by atoms with Crippen LogP contribution in [0.4, 0.5) is 28.4 Å². The number of hydrogen-bond donors (Lipinski definition) is 0. The van der Waals surface area contributed by atoms with Gasteiger partial charge in [-0.1, -0.05) is 120 Å². The van der Waals surface area contributed by atoms with Gasteiger partial charge >= 0.3 is 0 Å². The molecule has 1 unspecified atom stereocenters. The van der Waals surface area contributed by atoms with Crippen LogP contribution in [-0.2, 0) is 6.42 Å². The lowest BCUT2D eigenvalue weighted by atomic mass is 9.75. The van der Waals surface area contributed by atoms with Crippen LogP contribution in [0.25, 0.3) is 62.3 Å². The van der Waals surface area contributed by atoms with E-state index in [1.165, 1.54) is 124 Å². The van der Waals surface area contributed by atoms with Gasteiger partial charge in [0.1, 0.15) is 0 Å². The molecule has 60 heavy (non-hydrogen) atoms. The molecule has 12 rings (SSSR count). The predicted octanol–water partition coefficient (Wildman–Crippen LogP) is 16.5. The van der Waals surface area contributed by atoms with Crippen molar-refractivity contribution in [1.82, 2.24) is 0 Å². The number of nitrogens with zero attached hydrogens (tertiary/aromatic N) is 2. The molecule has 0 saturated heterocycles. The van der Waals surface area contributed by atoms with Crippen LogP contribution < -0.4 is 9.80 Å². The van der Waals surface area contributed by atoms with E-state index in [-0.39, 0.29) is 6.04 Å².